The van der Waals surface area contributed by atoms with Crippen LogP contribution in [0, 0.1) is 5.92 Å². The number of fused-ring (bicyclic) bond motifs is 1. The van der Waals surface area contributed by atoms with Crippen LogP contribution in [0.3, 0.4) is 0 Å². The first-order valence-electron chi connectivity index (χ1n) is 7.67. The predicted molar refractivity (Wildman–Crippen MR) is 85.9 cm³/mol. The minimum Gasteiger partial charge on any atom is -0.382 e. The van der Waals surface area contributed by atoms with Crippen molar-refractivity contribution < 1.29 is 8.42 Å². The third-order valence-corrected chi connectivity index (χ3v) is 6.73. The minimum atomic E-state index is -3.16. The summed E-state index contributed by atoms with van der Waals surface area (Å²) in [5.41, 5.74) is 12.5. The van der Waals surface area contributed by atoms with Crippen molar-refractivity contribution >= 4 is 33.0 Å². The predicted octanol–water partition coefficient (Wildman–Crippen LogP) is -0.0227. The van der Waals surface area contributed by atoms with Crippen molar-refractivity contribution in [2.24, 2.45) is 5.92 Å². The van der Waals surface area contributed by atoms with E-state index in [1.807, 2.05) is 4.57 Å². The molecule has 9 nitrogen and oxygen atoms in total. The Morgan fingerprint density at radius 3 is 2.61 bits per heavy atom. The second kappa shape index (κ2) is 5.03. The van der Waals surface area contributed by atoms with Crippen molar-refractivity contribution in [3.05, 3.63) is 6.33 Å². The molecule has 0 atom stereocenters. The van der Waals surface area contributed by atoms with Crippen molar-refractivity contribution in [2.45, 2.75) is 25.3 Å². The van der Waals surface area contributed by atoms with Gasteiger partial charge in [-0.05, 0) is 18.8 Å². The number of nitrogens with zero attached hydrogens (tertiary/aromatic N) is 5. The number of hydrogen-bond acceptors (Lipinski definition) is 7. The smallest absolute Gasteiger partial charge is 0.224 e. The van der Waals surface area contributed by atoms with Crippen molar-refractivity contribution in [1.82, 2.24) is 23.8 Å². The highest BCUT2D eigenvalue weighted by molar-refractivity contribution is 7.89. The number of nitrogens with two attached hydrogens (primary N) is 2. The summed E-state index contributed by atoms with van der Waals surface area (Å²) in [7, 11) is -3.16. The SMILES string of the molecule is Nc1nc(N)c2ncn(C3CN(S(=O)(=O)CC4CCC4)C3)c2n1. The summed E-state index contributed by atoms with van der Waals surface area (Å²) in [4.78, 5) is 12.3. The summed E-state index contributed by atoms with van der Waals surface area (Å²) in [6, 6.07) is 0.00451. The lowest BCUT2D eigenvalue weighted by Gasteiger charge is -2.40. The Morgan fingerprint density at radius 1 is 1.22 bits per heavy atom. The molecular weight excluding hydrogens is 318 g/mol. The highest BCUT2D eigenvalue weighted by atomic mass is 32.2. The Labute approximate surface area is 133 Å². The van der Waals surface area contributed by atoms with E-state index >= 15 is 0 Å². The van der Waals surface area contributed by atoms with Crippen LogP contribution < -0.4 is 11.5 Å². The molecule has 1 saturated heterocycles. The van der Waals surface area contributed by atoms with E-state index in [9.17, 15) is 8.42 Å². The third kappa shape index (κ3) is 2.41. The van der Waals surface area contributed by atoms with Crippen LogP contribution in [-0.4, -0.2) is 51.1 Å². The first-order chi connectivity index (χ1) is 10.9. The molecule has 0 spiro atoms. The summed E-state index contributed by atoms with van der Waals surface area (Å²) < 4.78 is 28.0. The van der Waals surface area contributed by atoms with E-state index < -0.39 is 10.0 Å². The maximum Gasteiger partial charge on any atom is 0.224 e. The summed E-state index contributed by atoms with van der Waals surface area (Å²) >= 11 is 0. The number of imidazole rings is 1. The average molecular weight is 337 g/mol. The molecule has 0 radical (unpaired) electrons. The van der Waals surface area contributed by atoms with Crippen LogP contribution in [0.25, 0.3) is 11.2 Å². The van der Waals surface area contributed by atoms with Crippen LogP contribution in [0.4, 0.5) is 11.8 Å². The van der Waals surface area contributed by atoms with E-state index in [1.54, 1.807) is 6.33 Å². The van der Waals surface area contributed by atoms with Crippen molar-refractivity contribution in [2.75, 3.05) is 30.3 Å². The number of sulfonamides is 1. The Bertz CT molecular complexity index is 853. The molecule has 124 valence electrons. The van der Waals surface area contributed by atoms with Crippen LogP contribution in [0.1, 0.15) is 25.3 Å². The van der Waals surface area contributed by atoms with Crippen molar-refractivity contribution in [3.8, 4) is 0 Å². The van der Waals surface area contributed by atoms with E-state index in [2.05, 4.69) is 15.0 Å². The molecule has 0 unspecified atom stereocenters. The Hall–Kier alpha value is -1.94. The number of nitrogen functional groups attached to an aromatic ring is 2. The highest BCUT2D eigenvalue weighted by Gasteiger charge is 2.39. The van der Waals surface area contributed by atoms with Crippen LogP contribution in [0.15, 0.2) is 6.33 Å². The van der Waals surface area contributed by atoms with Crippen molar-refractivity contribution in [1.29, 1.82) is 0 Å². The van der Waals surface area contributed by atoms with E-state index in [0.717, 1.165) is 19.3 Å². The first kappa shape index (κ1) is 14.6. The molecule has 2 fully saturated rings. The van der Waals surface area contributed by atoms with Gasteiger partial charge in [0.1, 0.15) is 5.52 Å². The van der Waals surface area contributed by atoms with Crippen LogP contribution in [0.2, 0.25) is 0 Å². The summed E-state index contributed by atoms with van der Waals surface area (Å²) in [5, 5.41) is 0. The molecule has 23 heavy (non-hydrogen) atoms. The summed E-state index contributed by atoms with van der Waals surface area (Å²) in [6.45, 7) is 0.870. The van der Waals surface area contributed by atoms with Gasteiger partial charge in [0.2, 0.25) is 16.0 Å². The molecule has 2 aromatic rings. The maximum absolute atomic E-state index is 12.3. The van der Waals surface area contributed by atoms with E-state index in [-0.39, 0.29) is 23.6 Å². The lowest BCUT2D eigenvalue weighted by molar-refractivity contribution is 0.204. The number of rotatable bonds is 4. The molecule has 0 amide bonds. The molecule has 2 aliphatic rings. The minimum absolute atomic E-state index is 0.00451. The molecule has 1 saturated carbocycles. The van der Waals surface area contributed by atoms with Crippen LogP contribution >= 0.6 is 0 Å². The zero-order valence-electron chi connectivity index (χ0n) is 12.6. The monoisotopic (exact) mass is 337 g/mol. The zero-order valence-corrected chi connectivity index (χ0v) is 13.4. The van der Waals surface area contributed by atoms with Crippen LogP contribution in [-0.2, 0) is 10.0 Å². The number of hydrogen-bond donors (Lipinski definition) is 2. The van der Waals surface area contributed by atoms with E-state index in [0.29, 0.717) is 30.2 Å². The topological polar surface area (TPSA) is 133 Å². The average Bonchev–Trinajstić information content (AvgIpc) is 2.76. The normalized spacial score (nSPS) is 20.5. The Balaban J connectivity index is 1.51. The Morgan fingerprint density at radius 2 is 1.96 bits per heavy atom. The summed E-state index contributed by atoms with van der Waals surface area (Å²) in [5.74, 6) is 0.929. The molecule has 4 N–H and O–H groups in total. The van der Waals surface area contributed by atoms with Gasteiger partial charge >= 0.3 is 0 Å². The summed E-state index contributed by atoms with van der Waals surface area (Å²) in [6.07, 6.45) is 4.82. The van der Waals surface area contributed by atoms with Gasteiger partial charge in [-0.2, -0.15) is 14.3 Å². The van der Waals surface area contributed by atoms with E-state index in [4.69, 9.17) is 11.5 Å². The molecular formula is C13H19N7O2S. The molecule has 4 rings (SSSR count). The van der Waals surface area contributed by atoms with Crippen LogP contribution in [0.5, 0.6) is 0 Å². The van der Waals surface area contributed by atoms with Gasteiger partial charge in [0.15, 0.2) is 11.5 Å². The van der Waals surface area contributed by atoms with Crippen molar-refractivity contribution in [3.63, 3.8) is 0 Å². The molecule has 0 bridgehead atoms. The van der Waals surface area contributed by atoms with Gasteiger partial charge in [-0.25, -0.2) is 13.4 Å². The fourth-order valence-electron chi connectivity index (χ4n) is 3.11. The number of anilines is 2. The first-order valence-corrected chi connectivity index (χ1v) is 9.28. The quantitative estimate of drug-likeness (QED) is 0.800. The second-order valence-electron chi connectivity index (χ2n) is 6.34. The fraction of sp³-hybridized carbons (Fsp3) is 0.615. The van der Waals surface area contributed by atoms with Gasteiger partial charge in [-0.1, -0.05) is 6.42 Å². The highest BCUT2D eigenvalue weighted by Crippen LogP contribution is 2.32. The molecule has 10 heteroatoms. The second-order valence-corrected chi connectivity index (χ2v) is 8.35. The standard InChI is InChI=1S/C13H19N7O2S/c14-11-10-12(18-13(15)17-11)20(7-16-10)9-4-19(5-9)23(21,22)6-8-2-1-3-8/h7-9H,1-6H2,(H4,14,15,17,18). The van der Waals surface area contributed by atoms with Gasteiger partial charge in [-0.3, -0.25) is 0 Å². The fourth-order valence-corrected chi connectivity index (χ4v) is 5.04. The maximum atomic E-state index is 12.3. The zero-order chi connectivity index (χ0) is 16.2. The van der Waals surface area contributed by atoms with Gasteiger partial charge in [0.05, 0.1) is 18.1 Å². The van der Waals surface area contributed by atoms with Gasteiger partial charge in [0.25, 0.3) is 0 Å². The molecule has 2 aromatic heterocycles. The third-order valence-electron chi connectivity index (χ3n) is 4.75. The lowest BCUT2D eigenvalue weighted by atomic mass is 9.87. The van der Waals surface area contributed by atoms with Gasteiger partial charge < -0.3 is 16.0 Å². The number of aromatic nitrogens is 4. The molecule has 1 aliphatic heterocycles. The molecule has 0 aromatic carbocycles. The molecule has 1 aliphatic carbocycles. The molecule has 3 heterocycles. The largest absolute Gasteiger partial charge is 0.382 e. The van der Waals surface area contributed by atoms with Gasteiger partial charge in [0, 0.05) is 13.1 Å². The lowest BCUT2D eigenvalue weighted by Crippen LogP contribution is -2.52. The van der Waals surface area contributed by atoms with E-state index in [1.165, 1.54) is 4.31 Å². The van der Waals surface area contributed by atoms with Gasteiger partial charge in [-0.15, -0.1) is 0 Å². The Kier molecular flexibility index (Phi) is 3.20.